The van der Waals surface area contributed by atoms with E-state index in [2.05, 4.69) is 21.7 Å². The predicted octanol–water partition coefficient (Wildman–Crippen LogP) is 2.40. The lowest BCUT2D eigenvalue weighted by molar-refractivity contribution is -0.113. The fourth-order valence-corrected chi connectivity index (χ4v) is 3.80. The first-order valence-corrected chi connectivity index (χ1v) is 9.38. The van der Waals surface area contributed by atoms with Gasteiger partial charge in [-0.3, -0.25) is 4.79 Å². The summed E-state index contributed by atoms with van der Waals surface area (Å²) in [6.07, 6.45) is 1.80. The van der Waals surface area contributed by atoms with Crippen LogP contribution in [-0.2, 0) is 4.79 Å². The van der Waals surface area contributed by atoms with E-state index < -0.39 is 0 Å². The van der Waals surface area contributed by atoms with Crippen molar-refractivity contribution < 1.29 is 14.6 Å². The van der Waals surface area contributed by atoms with Crippen LogP contribution >= 0.6 is 11.8 Å². The minimum Gasteiger partial charge on any atom is -0.504 e. The molecule has 0 radical (unpaired) electrons. The molecule has 0 aromatic heterocycles. The van der Waals surface area contributed by atoms with Crippen molar-refractivity contribution in [2.45, 2.75) is 13.8 Å². The molecule has 1 aromatic rings. The first-order chi connectivity index (χ1) is 12.1. The fourth-order valence-electron chi connectivity index (χ4n) is 2.83. The fraction of sp³-hybridized carbons (Fsp3) is 0.444. The van der Waals surface area contributed by atoms with Crippen LogP contribution in [0.4, 0.5) is 0 Å². The summed E-state index contributed by atoms with van der Waals surface area (Å²) in [7, 11) is 0. The maximum absolute atomic E-state index is 12.2. The lowest BCUT2D eigenvalue weighted by Crippen LogP contribution is -2.47. The summed E-state index contributed by atoms with van der Waals surface area (Å²) >= 11 is 1.42. The van der Waals surface area contributed by atoms with Crippen molar-refractivity contribution in [3.05, 3.63) is 28.7 Å². The first kappa shape index (κ1) is 17.8. The van der Waals surface area contributed by atoms with Crippen LogP contribution < -0.4 is 4.74 Å². The van der Waals surface area contributed by atoms with Crippen LogP contribution in [0.25, 0.3) is 6.08 Å². The van der Waals surface area contributed by atoms with Crippen molar-refractivity contribution in [2.24, 2.45) is 4.99 Å². The SMILES string of the molecule is CCOc1cc(C=C2SC(N3CCN(CC)CC3)=NC2=O)ccc1O. The van der Waals surface area contributed by atoms with Crippen molar-refractivity contribution in [1.82, 2.24) is 9.80 Å². The number of piperazine rings is 1. The Kier molecular flexibility index (Phi) is 5.65. The highest BCUT2D eigenvalue weighted by atomic mass is 32.2. The zero-order valence-electron chi connectivity index (χ0n) is 14.6. The van der Waals surface area contributed by atoms with E-state index in [-0.39, 0.29) is 11.7 Å². The normalized spacial score (nSPS) is 20.2. The average molecular weight is 361 g/mol. The molecule has 0 unspecified atom stereocenters. The van der Waals surface area contributed by atoms with Gasteiger partial charge < -0.3 is 19.6 Å². The molecule has 2 aliphatic rings. The van der Waals surface area contributed by atoms with Gasteiger partial charge in [0.2, 0.25) is 0 Å². The molecule has 134 valence electrons. The summed E-state index contributed by atoms with van der Waals surface area (Å²) in [5.74, 6) is 0.313. The zero-order valence-corrected chi connectivity index (χ0v) is 15.4. The Hall–Kier alpha value is -1.99. The number of hydrogen-bond donors (Lipinski definition) is 1. The quantitative estimate of drug-likeness (QED) is 0.831. The molecule has 1 N–H and O–H groups in total. The van der Waals surface area contributed by atoms with Crippen molar-refractivity contribution in [2.75, 3.05) is 39.3 Å². The van der Waals surface area contributed by atoms with Crippen molar-refractivity contribution in [1.29, 1.82) is 0 Å². The molecule has 2 heterocycles. The molecule has 0 bridgehead atoms. The number of amides is 1. The number of likely N-dealkylation sites (N-methyl/N-ethyl adjacent to an activating group) is 1. The molecule has 7 heteroatoms. The molecule has 1 amide bonds. The van der Waals surface area contributed by atoms with Gasteiger partial charge in [-0.2, -0.15) is 4.99 Å². The minimum atomic E-state index is -0.205. The Bertz CT molecular complexity index is 710. The molecule has 1 aromatic carbocycles. The molecular formula is C18H23N3O3S. The van der Waals surface area contributed by atoms with E-state index in [0.29, 0.717) is 17.3 Å². The van der Waals surface area contributed by atoms with Gasteiger partial charge in [-0.15, -0.1) is 0 Å². The number of amidine groups is 1. The van der Waals surface area contributed by atoms with E-state index in [0.717, 1.165) is 43.5 Å². The molecule has 25 heavy (non-hydrogen) atoms. The van der Waals surface area contributed by atoms with Crippen LogP contribution in [0, 0.1) is 0 Å². The van der Waals surface area contributed by atoms with Crippen molar-refractivity contribution >= 4 is 28.9 Å². The molecule has 3 rings (SSSR count). The number of rotatable bonds is 4. The summed E-state index contributed by atoms with van der Waals surface area (Å²) in [6, 6.07) is 5.07. The lowest BCUT2D eigenvalue weighted by atomic mass is 10.2. The topological polar surface area (TPSA) is 65.4 Å². The number of carbonyl (C=O) groups excluding carboxylic acids is 1. The highest BCUT2D eigenvalue weighted by Gasteiger charge is 2.28. The summed E-state index contributed by atoms with van der Waals surface area (Å²) in [4.78, 5) is 21.6. The van der Waals surface area contributed by atoms with E-state index in [9.17, 15) is 9.90 Å². The van der Waals surface area contributed by atoms with Crippen molar-refractivity contribution in [3.8, 4) is 11.5 Å². The third kappa shape index (κ3) is 4.16. The highest BCUT2D eigenvalue weighted by molar-refractivity contribution is 8.18. The molecule has 2 aliphatic heterocycles. The number of phenolic OH excluding ortho intramolecular Hbond substituents is 1. The van der Waals surface area contributed by atoms with Gasteiger partial charge >= 0.3 is 0 Å². The van der Waals surface area contributed by atoms with E-state index in [1.54, 1.807) is 24.3 Å². The largest absolute Gasteiger partial charge is 0.504 e. The number of nitrogens with zero attached hydrogens (tertiary/aromatic N) is 3. The van der Waals surface area contributed by atoms with E-state index in [4.69, 9.17) is 4.74 Å². The van der Waals surface area contributed by atoms with Gasteiger partial charge in [0.05, 0.1) is 11.5 Å². The van der Waals surface area contributed by atoms with Gasteiger partial charge in [-0.25, -0.2) is 0 Å². The molecule has 0 saturated carbocycles. The standard InChI is InChI=1S/C18H23N3O3S/c1-3-20-7-9-21(10-8-20)18-19-17(23)16(25-18)12-13-5-6-14(22)15(11-13)24-4-2/h5-6,11-12,22H,3-4,7-10H2,1-2H3. The smallest absolute Gasteiger partial charge is 0.286 e. The van der Waals surface area contributed by atoms with Gasteiger partial charge in [-0.1, -0.05) is 13.0 Å². The number of ether oxygens (including phenoxy) is 1. The summed E-state index contributed by atoms with van der Waals surface area (Å²) in [5, 5.41) is 10.6. The second kappa shape index (κ2) is 7.93. The number of phenols is 1. The van der Waals surface area contributed by atoms with Gasteiger partial charge in [0.25, 0.3) is 5.91 Å². The van der Waals surface area contributed by atoms with E-state index >= 15 is 0 Å². The Morgan fingerprint density at radius 2 is 2.04 bits per heavy atom. The Balaban J connectivity index is 1.70. The van der Waals surface area contributed by atoms with Crippen molar-refractivity contribution in [3.63, 3.8) is 0 Å². The van der Waals surface area contributed by atoms with Crippen LogP contribution in [0.5, 0.6) is 11.5 Å². The summed E-state index contributed by atoms with van der Waals surface area (Å²) < 4.78 is 5.39. The second-order valence-electron chi connectivity index (χ2n) is 5.89. The van der Waals surface area contributed by atoms with Crippen LogP contribution in [-0.4, -0.2) is 65.3 Å². The first-order valence-electron chi connectivity index (χ1n) is 8.56. The van der Waals surface area contributed by atoms with Gasteiger partial charge in [0, 0.05) is 26.2 Å². The Morgan fingerprint density at radius 3 is 2.72 bits per heavy atom. The monoisotopic (exact) mass is 361 g/mol. The van der Waals surface area contributed by atoms with Crippen LogP contribution in [0.15, 0.2) is 28.1 Å². The van der Waals surface area contributed by atoms with Gasteiger partial charge in [0.15, 0.2) is 16.7 Å². The van der Waals surface area contributed by atoms with E-state index in [1.807, 2.05) is 6.92 Å². The van der Waals surface area contributed by atoms with Gasteiger partial charge in [0.1, 0.15) is 0 Å². The summed E-state index contributed by atoms with van der Waals surface area (Å²) in [6.45, 7) is 9.34. The minimum absolute atomic E-state index is 0.0973. The second-order valence-corrected chi connectivity index (χ2v) is 6.90. The molecule has 0 aliphatic carbocycles. The molecule has 6 nitrogen and oxygen atoms in total. The van der Waals surface area contributed by atoms with Gasteiger partial charge in [-0.05, 0) is 49.0 Å². The number of carbonyl (C=O) groups is 1. The number of benzene rings is 1. The number of aliphatic imine (C=N–C) groups is 1. The molecule has 1 saturated heterocycles. The maximum Gasteiger partial charge on any atom is 0.286 e. The third-order valence-electron chi connectivity index (χ3n) is 4.28. The number of aromatic hydroxyl groups is 1. The average Bonchev–Trinajstić information content (AvgIpc) is 2.99. The molecular weight excluding hydrogens is 338 g/mol. The number of hydrogen-bond acceptors (Lipinski definition) is 6. The predicted molar refractivity (Wildman–Crippen MR) is 101 cm³/mol. The zero-order chi connectivity index (χ0) is 17.8. The summed E-state index contributed by atoms with van der Waals surface area (Å²) in [5.41, 5.74) is 0.810. The van der Waals surface area contributed by atoms with Crippen LogP contribution in [0.3, 0.4) is 0 Å². The third-order valence-corrected chi connectivity index (χ3v) is 5.33. The highest BCUT2D eigenvalue weighted by Crippen LogP contribution is 2.33. The number of thioether (sulfide) groups is 1. The molecule has 1 fully saturated rings. The Labute approximate surface area is 152 Å². The van der Waals surface area contributed by atoms with Crippen LogP contribution in [0.2, 0.25) is 0 Å². The molecule has 0 atom stereocenters. The van der Waals surface area contributed by atoms with Crippen LogP contribution in [0.1, 0.15) is 19.4 Å². The molecule has 0 spiro atoms. The van der Waals surface area contributed by atoms with E-state index in [1.165, 1.54) is 11.8 Å². The lowest BCUT2D eigenvalue weighted by Gasteiger charge is -2.34. The maximum atomic E-state index is 12.2. The Morgan fingerprint density at radius 1 is 1.28 bits per heavy atom.